The van der Waals surface area contributed by atoms with Crippen LogP contribution >= 0.6 is 11.3 Å². The minimum atomic E-state index is -0.212. The van der Waals surface area contributed by atoms with Crippen molar-refractivity contribution in [2.75, 3.05) is 5.32 Å². The molecule has 7 heteroatoms. The summed E-state index contributed by atoms with van der Waals surface area (Å²) in [6.07, 6.45) is 2.30. The highest BCUT2D eigenvalue weighted by Crippen LogP contribution is 2.19. The predicted molar refractivity (Wildman–Crippen MR) is 90.3 cm³/mol. The fourth-order valence-electron chi connectivity index (χ4n) is 2.32. The van der Waals surface area contributed by atoms with Gasteiger partial charge < -0.3 is 0 Å². The van der Waals surface area contributed by atoms with Gasteiger partial charge >= 0.3 is 0 Å². The average molecular weight is 327 g/mol. The summed E-state index contributed by atoms with van der Waals surface area (Å²) in [6, 6.07) is 8.05. The first-order valence-corrected chi connectivity index (χ1v) is 8.15. The predicted octanol–water partition coefficient (Wildman–Crippen LogP) is 3.16. The summed E-state index contributed by atoms with van der Waals surface area (Å²) >= 11 is 1.35. The minimum Gasteiger partial charge on any atom is -0.296 e. The number of aryl methyl sites for hydroxylation is 2. The van der Waals surface area contributed by atoms with Crippen LogP contribution in [0.4, 0.5) is 5.13 Å². The number of amides is 1. The van der Waals surface area contributed by atoms with E-state index < -0.39 is 0 Å². The van der Waals surface area contributed by atoms with Gasteiger partial charge in [0, 0.05) is 0 Å². The van der Waals surface area contributed by atoms with Crippen molar-refractivity contribution < 1.29 is 4.79 Å². The molecule has 1 N–H and O–H groups in total. The van der Waals surface area contributed by atoms with Crippen LogP contribution in [0.2, 0.25) is 0 Å². The van der Waals surface area contributed by atoms with Crippen molar-refractivity contribution in [1.29, 1.82) is 0 Å². The van der Waals surface area contributed by atoms with E-state index in [-0.39, 0.29) is 5.91 Å². The van der Waals surface area contributed by atoms with E-state index in [1.165, 1.54) is 16.9 Å². The number of carbonyl (C=O) groups is 1. The Morgan fingerprint density at radius 3 is 2.57 bits per heavy atom. The van der Waals surface area contributed by atoms with Crippen LogP contribution in [0.25, 0.3) is 5.69 Å². The van der Waals surface area contributed by atoms with Crippen molar-refractivity contribution in [2.45, 2.75) is 27.2 Å². The standard InChI is InChI=1S/C16H17N5OS/c1-4-14-13(15(22)18-16-20-19-11(3)23-16)9-17-21(14)12-7-5-10(2)6-8-12/h5-9H,4H2,1-3H3,(H,18,20,22). The van der Waals surface area contributed by atoms with E-state index >= 15 is 0 Å². The summed E-state index contributed by atoms with van der Waals surface area (Å²) in [5.41, 5.74) is 3.55. The molecule has 23 heavy (non-hydrogen) atoms. The fraction of sp³-hybridized carbons (Fsp3) is 0.250. The zero-order valence-electron chi connectivity index (χ0n) is 13.2. The SMILES string of the molecule is CCc1c(C(=O)Nc2nnc(C)s2)cnn1-c1ccc(C)cc1. The second-order valence-corrected chi connectivity index (χ2v) is 6.37. The second-order valence-electron chi connectivity index (χ2n) is 5.19. The topological polar surface area (TPSA) is 72.7 Å². The molecule has 6 nitrogen and oxygen atoms in total. The van der Waals surface area contributed by atoms with Gasteiger partial charge in [0.1, 0.15) is 5.01 Å². The molecule has 1 aromatic carbocycles. The van der Waals surface area contributed by atoms with Crippen molar-refractivity contribution in [1.82, 2.24) is 20.0 Å². The molecule has 0 radical (unpaired) electrons. The van der Waals surface area contributed by atoms with Crippen LogP contribution < -0.4 is 5.32 Å². The van der Waals surface area contributed by atoms with Crippen LogP contribution in [0.5, 0.6) is 0 Å². The third-order valence-electron chi connectivity index (χ3n) is 3.47. The van der Waals surface area contributed by atoms with Crippen LogP contribution in [0.1, 0.15) is 33.5 Å². The van der Waals surface area contributed by atoms with Crippen LogP contribution in [-0.4, -0.2) is 25.9 Å². The van der Waals surface area contributed by atoms with Gasteiger partial charge in [-0.1, -0.05) is 36.0 Å². The molecule has 1 amide bonds. The van der Waals surface area contributed by atoms with Crippen LogP contribution in [0.15, 0.2) is 30.5 Å². The quantitative estimate of drug-likeness (QED) is 0.799. The van der Waals surface area contributed by atoms with E-state index in [1.54, 1.807) is 10.9 Å². The third-order valence-corrected chi connectivity index (χ3v) is 4.23. The lowest BCUT2D eigenvalue weighted by Gasteiger charge is -2.08. The highest BCUT2D eigenvalue weighted by Gasteiger charge is 2.18. The first-order chi connectivity index (χ1) is 11.1. The van der Waals surface area contributed by atoms with Crippen molar-refractivity contribution >= 4 is 22.4 Å². The minimum absolute atomic E-state index is 0.212. The summed E-state index contributed by atoms with van der Waals surface area (Å²) in [4.78, 5) is 12.5. The van der Waals surface area contributed by atoms with E-state index in [9.17, 15) is 4.79 Å². The Morgan fingerprint density at radius 2 is 1.96 bits per heavy atom. The molecular formula is C16H17N5OS. The Balaban J connectivity index is 1.91. The Kier molecular flexibility index (Phi) is 4.20. The van der Waals surface area contributed by atoms with Crippen LogP contribution in [-0.2, 0) is 6.42 Å². The van der Waals surface area contributed by atoms with E-state index in [0.717, 1.165) is 16.4 Å². The van der Waals surface area contributed by atoms with Gasteiger partial charge in [-0.25, -0.2) is 4.68 Å². The number of nitrogens with zero attached hydrogens (tertiary/aromatic N) is 4. The lowest BCUT2D eigenvalue weighted by Crippen LogP contribution is -2.14. The maximum atomic E-state index is 12.5. The monoisotopic (exact) mass is 327 g/mol. The molecule has 2 heterocycles. The van der Waals surface area contributed by atoms with Crippen LogP contribution in [0.3, 0.4) is 0 Å². The Bertz CT molecular complexity index is 835. The molecule has 0 aliphatic carbocycles. The zero-order chi connectivity index (χ0) is 16.4. The molecule has 0 aliphatic heterocycles. The highest BCUT2D eigenvalue weighted by molar-refractivity contribution is 7.15. The van der Waals surface area contributed by atoms with Crippen molar-refractivity contribution in [3.63, 3.8) is 0 Å². The lowest BCUT2D eigenvalue weighted by atomic mass is 10.2. The molecule has 0 atom stereocenters. The maximum Gasteiger partial charge on any atom is 0.260 e. The molecule has 0 fully saturated rings. The molecule has 0 saturated heterocycles. The van der Waals surface area contributed by atoms with Gasteiger partial charge in [-0.05, 0) is 32.4 Å². The van der Waals surface area contributed by atoms with Gasteiger partial charge in [0.15, 0.2) is 0 Å². The van der Waals surface area contributed by atoms with Gasteiger partial charge in [-0.2, -0.15) is 5.10 Å². The molecular weight excluding hydrogens is 310 g/mol. The van der Waals surface area contributed by atoms with Crippen molar-refractivity contribution in [3.8, 4) is 5.69 Å². The molecule has 2 aromatic heterocycles. The normalized spacial score (nSPS) is 10.7. The number of carbonyl (C=O) groups excluding carboxylic acids is 1. The van der Waals surface area contributed by atoms with E-state index in [2.05, 4.69) is 20.6 Å². The van der Waals surface area contributed by atoms with Gasteiger partial charge in [0.2, 0.25) is 5.13 Å². The van der Waals surface area contributed by atoms with Crippen molar-refractivity contribution in [2.24, 2.45) is 0 Å². The van der Waals surface area contributed by atoms with Gasteiger partial charge in [0.05, 0.1) is 23.1 Å². The second kappa shape index (κ2) is 6.29. The smallest absolute Gasteiger partial charge is 0.260 e. The highest BCUT2D eigenvalue weighted by atomic mass is 32.1. The van der Waals surface area contributed by atoms with Gasteiger partial charge in [-0.3, -0.25) is 10.1 Å². The maximum absolute atomic E-state index is 12.5. The lowest BCUT2D eigenvalue weighted by molar-refractivity contribution is 0.102. The van der Waals surface area contributed by atoms with E-state index in [1.807, 2.05) is 45.0 Å². The molecule has 0 bridgehead atoms. The largest absolute Gasteiger partial charge is 0.296 e. The fourth-order valence-corrected chi connectivity index (χ4v) is 2.91. The number of nitrogens with one attached hydrogen (secondary N) is 1. The molecule has 0 unspecified atom stereocenters. The molecule has 0 saturated carbocycles. The Labute approximate surface area is 138 Å². The molecule has 3 aromatic rings. The number of rotatable bonds is 4. The van der Waals surface area contributed by atoms with Crippen LogP contribution in [0, 0.1) is 13.8 Å². The van der Waals surface area contributed by atoms with Gasteiger partial charge in [0.25, 0.3) is 5.91 Å². The zero-order valence-corrected chi connectivity index (χ0v) is 14.0. The summed E-state index contributed by atoms with van der Waals surface area (Å²) in [6.45, 7) is 5.89. The molecule has 118 valence electrons. The Hall–Kier alpha value is -2.54. The van der Waals surface area contributed by atoms with Crippen molar-refractivity contribution in [3.05, 3.63) is 52.3 Å². The molecule has 0 spiro atoms. The summed E-state index contributed by atoms with van der Waals surface area (Å²) in [7, 11) is 0. The first kappa shape index (κ1) is 15.4. The van der Waals surface area contributed by atoms with E-state index in [4.69, 9.17) is 0 Å². The number of hydrogen-bond donors (Lipinski definition) is 1. The number of anilines is 1. The molecule has 0 aliphatic rings. The average Bonchev–Trinajstić information content (AvgIpc) is 3.14. The summed E-state index contributed by atoms with van der Waals surface area (Å²) in [5, 5.41) is 16.3. The van der Waals surface area contributed by atoms with Gasteiger partial charge in [-0.15, -0.1) is 10.2 Å². The van der Waals surface area contributed by atoms with E-state index in [0.29, 0.717) is 17.1 Å². The Morgan fingerprint density at radius 1 is 1.22 bits per heavy atom. The number of aromatic nitrogens is 4. The first-order valence-electron chi connectivity index (χ1n) is 7.34. The summed E-state index contributed by atoms with van der Waals surface area (Å²) in [5.74, 6) is -0.212. The number of hydrogen-bond acceptors (Lipinski definition) is 5. The summed E-state index contributed by atoms with van der Waals surface area (Å²) < 4.78 is 1.81. The third kappa shape index (κ3) is 3.14. The molecule has 3 rings (SSSR count). The number of benzene rings is 1.